The monoisotopic (exact) mass is 520 g/mol. The Labute approximate surface area is 194 Å². The molecule has 168 valence electrons. The van der Waals surface area contributed by atoms with Crippen molar-refractivity contribution in [3.63, 3.8) is 0 Å². The summed E-state index contributed by atoms with van der Waals surface area (Å²) < 4.78 is 0. The van der Waals surface area contributed by atoms with E-state index in [-0.39, 0.29) is 30.0 Å². The molecule has 0 aromatic heterocycles. The van der Waals surface area contributed by atoms with Crippen LogP contribution in [0.15, 0.2) is 4.99 Å². The number of aliphatic imine (C=N–C) groups is 1. The number of guanidine groups is 1. The minimum Gasteiger partial charge on any atom is -0.357 e. The Morgan fingerprint density at radius 3 is 2.28 bits per heavy atom. The van der Waals surface area contributed by atoms with Crippen LogP contribution in [0, 0.1) is 0 Å². The van der Waals surface area contributed by atoms with E-state index in [2.05, 4.69) is 40.8 Å². The molecular formula is C21H41IN6O. The fraction of sp³-hybridized carbons (Fsp3) is 0.905. The molecule has 0 aromatic rings. The topological polar surface area (TPSA) is 54.4 Å². The Hall–Kier alpha value is -0.610. The van der Waals surface area contributed by atoms with Crippen LogP contribution in [-0.4, -0.2) is 109 Å². The van der Waals surface area contributed by atoms with Gasteiger partial charge in [-0.3, -0.25) is 19.6 Å². The maximum Gasteiger partial charge on any atom is 0.239 e. The number of hydrogen-bond donors (Lipinski definition) is 1. The first kappa shape index (κ1) is 24.7. The van der Waals surface area contributed by atoms with E-state index in [1.54, 1.807) is 0 Å². The highest BCUT2D eigenvalue weighted by atomic mass is 127. The number of carbonyl (C=O) groups is 1. The molecule has 7 nitrogen and oxygen atoms in total. The van der Waals surface area contributed by atoms with Gasteiger partial charge in [-0.15, -0.1) is 24.0 Å². The van der Waals surface area contributed by atoms with Crippen LogP contribution < -0.4 is 5.32 Å². The molecule has 0 bridgehead atoms. The Balaban J connectivity index is 0.00000300. The van der Waals surface area contributed by atoms with E-state index in [0.29, 0.717) is 5.91 Å². The molecule has 1 amide bonds. The number of carbonyl (C=O) groups excluding carboxylic acids is 1. The number of hydrogen-bond acceptors (Lipinski definition) is 4. The van der Waals surface area contributed by atoms with Gasteiger partial charge in [-0.2, -0.15) is 0 Å². The summed E-state index contributed by atoms with van der Waals surface area (Å²) in [7, 11) is 0. The summed E-state index contributed by atoms with van der Waals surface area (Å²) in [6, 6.07) is 0.803. The number of amides is 1. The van der Waals surface area contributed by atoms with Gasteiger partial charge in [0.1, 0.15) is 0 Å². The molecule has 1 aliphatic carbocycles. The number of piperazine rings is 1. The van der Waals surface area contributed by atoms with Crippen LogP contribution in [0.2, 0.25) is 0 Å². The van der Waals surface area contributed by atoms with Crippen molar-refractivity contribution in [1.29, 1.82) is 0 Å². The molecule has 8 heteroatoms. The first-order valence-corrected chi connectivity index (χ1v) is 11.4. The number of nitrogens with one attached hydrogen (secondary N) is 1. The molecule has 2 heterocycles. The maximum absolute atomic E-state index is 12.7. The van der Waals surface area contributed by atoms with Gasteiger partial charge in [0.15, 0.2) is 5.96 Å². The number of nitrogens with zero attached hydrogens (tertiary/aromatic N) is 5. The van der Waals surface area contributed by atoms with Crippen LogP contribution in [0.4, 0.5) is 0 Å². The molecule has 3 rings (SSSR count). The first-order chi connectivity index (χ1) is 13.6. The molecule has 1 unspecified atom stereocenters. The van der Waals surface area contributed by atoms with Crippen molar-refractivity contribution in [2.45, 2.75) is 58.5 Å². The number of likely N-dealkylation sites (tertiary alicyclic amines) is 1. The predicted molar refractivity (Wildman–Crippen MR) is 130 cm³/mol. The van der Waals surface area contributed by atoms with Gasteiger partial charge in [-0.05, 0) is 46.1 Å². The summed E-state index contributed by atoms with van der Waals surface area (Å²) in [5, 5.41) is 3.46. The summed E-state index contributed by atoms with van der Waals surface area (Å²) in [5.74, 6) is 1.35. The quantitative estimate of drug-likeness (QED) is 0.300. The molecule has 1 saturated carbocycles. The van der Waals surface area contributed by atoms with Gasteiger partial charge >= 0.3 is 0 Å². The number of rotatable bonds is 8. The average molecular weight is 521 g/mol. The van der Waals surface area contributed by atoms with E-state index < -0.39 is 0 Å². The van der Waals surface area contributed by atoms with Crippen LogP contribution in [0.3, 0.4) is 0 Å². The minimum absolute atomic E-state index is 0. The molecule has 1 N–H and O–H groups in total. The zero-order chi connectivity index (χ0) is 19.9. The van der Waals surface area contributed by atoms with Crippen molar-refractivity contribution >= 4 is 35.8 Å². The van der Waals surface area contributed by atoms with Gasteiger partial charge in [0.05, 0.1) is 12.6 Å². The highest BCUT2D eigenvalue weighted by Crippen LogP contribution is 2.26. The minimum atomic E-state index is -0.00331. The molecule has 2 aliphatic heterocycles. The molecule has 0 radical (unpaired) electrons. The number of halogens is 1. The van der Waals surface area contributed by atoms with Gasteiger partial charge in [-0.25, -0.2) is 0 Å². The van der Waals surface area contributed by atoms with Crippen molar-refractivity contribution in [3.05, 3.63) is 0 Å². The van der Waals surface area contributed by atoms with Crippen LogP contribution >= 0.6 is 24.0 Å². The largest absolute Gasteiger partial charge is 0.357 e. The second-order valence-corrected chi connectivity index (χ2v) is 8.33. The van der Waals surface area contributed by atoms with Crippen molar-refractivity contribution in [2.75, 3.05) is 65.4 Å². The van der Waals surface area contributed by atoms with Gasteiger partial charge in [-0.1, -0.05) is 6.92 Å². The zero-order valence-corrected chi connectivity index (χ0v) is 20.9. The Bertz CT molecular complexity index is 527. The lowest BCUT2D eigenvalue weighted by Gasteiger charge is -2.39. The number of likely N-dealkylation sites (N-methyl/N-ethyl adjacent to an activating group) is 1. The molecular weight excluding hydrogens is 479 g/mol. The maximum atomic E-state index is 12.7. The van der Waals surface area contributed by atoms with Crippen LogP contribution in [0.5, 0.6) is 0 Å². The first-order valence-electron chi connectivity index (χ1n) is 11.4. The third-order valence-corrected chi connectivity index (χ3v) is 6.39. The Kier molecular flexibility index (Phi) is 10.5. The Morgan fingerprint density at radius 2 is 1.72 bits per heavy atom. The summed E-state index contributed by atoms with van der Waals surface area (Å²) in [4.78, 5) is 26.9. The average Bonchev–Trinajstić information content (AvgIpc) is 3.42. The normalized spacial score (nSPS) is 22.0. The van der Waals surface area contributed by atoms with E-state index in [1.165, 1.54) is 12.8 Å². The second kappa shape index (κ2) is 12.3. The molecule has 29 heavy (non-hydrogen) atoms. The van der Waals surface area contributed by atoms with E-state index in [0.717, 1.165) is 90.3 Å². The highest BCUT2D eigenvalue weighted by molar-refractivity contribution is 14.0. The van der Waals surface area contributed by atoms with Gasteiger partial charge in [0.2, 0.25) is 5.91 Å². The lowest BCUT2D eigenvalue weighted by atomic mass is 10.2. The molecule has 3 fully saturated rings. The highest BCUT2D eigenvalue weighted by Gasteiger charge is 2.31. The van der Waals surface area contributed by atoms with Gasteiger partial charge in [0, 0.05) is 58.4 Å². The van der Waals surface area contributed by atoms with Crippen molar-refractivity contribution in [1.82, 2.24) is 24.9 Å². The van der Waals surface area contributed by atoms with E-state index >= 15 is 0 Å². The van der Waals surface area contributed by atoms with Crippen molar-refractivity contribution < 1.29 is 4.79 Å². The molecule has 1 atom stereocenters. The molecule has 0 aromatic carbocycles. The van der Waals surface area contributed by atoms with Gasteiger partial charge in [0.25, 0.3) is 0 Å². The van der Waals surface area contributed by atoms with Crippen molar-refractivity contribution in [3.8, 4) is 0 Å². The predicted octanol–water partition coefficient (Wildman–Crippen LogP) is 1.68. The van der Waals surface area contributed by atoms with Gasteiger partial charge < -0.3 is 15.1 Å². The standard InChI is InChI=1S/C21H40N6O.HI/c1-4-22-21(23-10-13-24(5-2)19-8-9-19)27-16-14-25(15-17-27)18(3)20(28)26-11-6-7-12-26;/h18-19H,4-17H2,1-3H3,(H,22,23);1H. The fourth-order valence-corrected chi connectivity index (χ4v) is 4.43. The van der Waals surface area contributed by atoms with E-state index in [4.69, 9.17) is 4.99 Å². The van der Waals surface area contributed by atoms with Crippen molar-refractivity contribution in [2.24, 2.45) is 4.99 Å². The summed E-state index contributed by atoms with van der Waals surface area (Å²) in [6.45, 7) is 16.0. The summed E-state index contributed by atoms with van der Waals surface area (Å²) in [6.07, 6.45) is 5.03. The van der Waals surface area contributed by atoms with Crippen LogP contribution in [-0.2, 0) is 4.79 Å². The zero-order valence-electron chi connectivity index (χ0n) is 18.6. The smallest absolute Gasteiger partial charge is 0.239 e. The molecule has 3 aliphatic rings. The van der Waals surface area contributed by atoms with E-state index in [9.17, 15) is 4.79 Å². The van der Waals surface area contributed by atoms with Crippen LogP contribution in [0.1, 0.15) is 46.5 Å². The summed E-state index contributed by atoms with van der Waals surface area (Å²) in [5.41, 5.74) is 0. The fourth-order valence-electron chi connectivity index (χ4n) is 4.43. The molecule has 2 saturated heterocycles. The third kappa shape index (κ3) is 6.95. The van der Waals surface area contributed by atoms with Crippen LogP contribution in [0.25, 0.3) is 0 Å². The second-order valence-electron chi connectivity index (χ2n) is 8.33. The SMILES string of the molecule is CCNC(=NCCN(CC)C1CC1)N1CCN(C(C)C(=O)N2CCCC2)CC1.I. The third-order valence-electron chi connectivity index (χ3n) is 6.39. The lowest BCUT2D eigenvalue weighted by Crippen LogP contribution is -2.57. The summed E-state index contributed by atoms with van der Waals surface area (Å²) >= 11 is 0. The van der Waals surface area contributed by atoms with E-state index in [1.807, 2.05) is 4.90 Å². The lowest BCUT2D eigenvalue weighted by molar-refractivity contribution is -0.135. The Morgan fingerprint density at radius 1 is 1.07 bits per heavy atom. The molecule has 0 spiro atoms.